The van der Waals surface area contributed by atoms with Crippen LogP contribution in [-0.2, 0) is 9.47 Å². The molecule has 0 aliphatic carbocycles. The molecule has 0 bridgehead atoms. The third kappa shape index (κ3) is 4.61. The van der Waals surface area contributed by atoms with Gasteiger partial charge in [-0.15, -0.1) is 0 Å². The lowest BCUT2D eigenvalue weighted by Crippen LogP contribution is -2.39. The zero-order valence-electron chi connectivity index (χ0n) is 13.1. The number of benzene rings is 1. The smallest absolute Gasteiger partial charge is 0.251 e. The first-order valence-electron chi connectivity index (χ1n) is 7.61. The second-order valence-corrected chi connectivity index (χ2v) is 4.81. The van der Waals surface area contributed by atoms with Gasteiger partial charge in [0.1, 0.15) is 0 Å². The van der Waals surface area contributed by atoms with Crippen LogP contribution in [0, 0.1) is 0 Å². The molecule has 1 amide bonds. The summed E-state index contributed by atoms with van der Waals surface area (Å²) in [4.78, 5) is 12.2. The Morgan fingerprint density at radius 2 is 2.00 bits per heavy atom. The average molecular weight is 309 g/mol. The Kier molecular flexibility index (Phi) is 6.48. The molecule has 2 rings (SSSR count). The Balaban J connectivity index is 1.97. The van der Waals surface area contributed by atoms with E-state index in [0.717, 1.165) is 0 Å². The lowest BCUT2D eigenvalue weighted by Gasteiger charge is -2.23. The maximum absolute atomic E-state index is 12.2. The minimum absolute atomic E-state index is 0.0910. The fourth-order valence-corrected chi connectivity index (χ4v) is 2.16. The molecule has 0 radical (unpaired) electrons. The number of ether oxygens (including phenoxy) is 4. The van der Waals surface area contributed by atoms with Gasteiger partial charge in [-0.2, -0.15) is 0 Å². The van der Waals surface area contributed by atoms with Gasteiger partial charge in [-0.1, -0.05) is 0 Å². The van der Waals surface area contributed by atoms with Gasteiger partial charge in [-0.3, -0.25) is 4.79 Å². The van der Waals surface area contributed by atoms with Crippen molar-refractivity contribution in [3.8, 4) is 11.5 Å². The summed E-state index contributed by atoms with van der Waals surface area (Å²) in [7, 11) is 0. The molecule has 1 N–H and O–H groups in total. The minimum atomic E-state index is -0.168. The number of hydrogen-bond acceptors (Lipinski definition) is 5. The lowest BCUT2D eigenvalue weighted by atomic mass is 10.2. The monoisotopic (exact) mass is 309 g/mol. The molecule has 22 heavy (non-hydrogen) atoms. The Morgan fingerprint density at radius 3 is 2.68 bits per heavy atom. The molecule has 1 aromatic carbocycles. The Morgan fingerprint density at radius 1 is 1.23 bits per heavy atom. The summed E-state index contributed by atoms with van der Waals surface area (Å²) >= 11 is 0. The summed E-state index contributed by atoms with van der Waals surface area (Å²) < 4.78 is 21.8. The van der Waals surface area contributed by atoms with Crippen molar-refractivity contribution in [1.29, 1.82) is 0 Å². The van der Waals surface area contributed by atoms with Crippen LogP contribution in [0.4, 0.5) is 0 Å². The summed E-state index contributed by atoms with van der Waals surface area (Å²) in [5.41, 5.74) is 0.531. The molecule has 1 saturated heterocycles. The van der Waals surface area contributed by atoms with Crippen LogP contribution in [-0.4, -0.2) is 51.6 Å². The second kappa shape index (κ2) is 8.60. The number of amides is 1. The topological polar surface area (TPSA) is 66.0 Å². The maximum atomic E-state index is 12.2. The number of carbonyl (C=O) groups is 1. The van der Waals surface area contributed by atoms with Crippen LogP contribution >= 0.6 is 0 Å². The van der Waals surface area contributed by atoms with Crippen molar-refractivity contribution in [3.63, 3.8) is 0 Å². The molecule has 0 aromatic heterocycles. The lowest BCUT2D eigenvalue weighted by molar-refractivity contribution is -0.0855. The SMILES string of the molecule is CCOc1ccc(C(=O)NC[C@@H]2COCCO2)cc1OCC. The Hall–Kier alpha value is -1.79. The van der Waals surface area contributed by atoms with Crippen molar-refractivity contribution in [2.75, 3.05) is 39.6 Å². The molecule has 1 heterocycles. The molecular formula is C16H23NO5. The third-order valence-electron chi connectivity index (χ3n) is 3.18. The molecule has 0 spiro atoms. The highest BCUT2D eigenvalue weighted by Gasteiger charge is 2.17. The molecule has 1 aliphatic rings. The first-order chi connectivity index (χ1) is 10.7. The van der Waals surface area contributed by atoms with Gasteiger partial charge in [0.15, 0.2) is 11.5 Å². The van der Waals surface area contributed by atoms with Gasteiger partial charge in [-0.05, 0) is 32.0 Å². The number of carbonyl (C=O) groups excluding carboxylic acids is 1. The molecular weight excluding hydrogens is 286 g/mol. The van der Waals surface area contributed by atoms with Crippen molar-refractivity contribution < 1.29 is 23.7 Å². The van der Waals surface area contributed by atoms with Crippen molar-refractivity contribution in [3.05, 3.63) is 23.8 Å². The molecule has 1 atom stereocenters. The van der Waals surface area contributed by atoms with Gasteiger partial charge in [-0.25, -0.2) is 0 Å². The highest BCUT2D eigenvalue weighted by atomic mass is 16.6. The van der Waals surface area contributed by atoms with Crippen LogP contribution in [0.5, 0.6) is 11.5 Å². The summed E-state index contributed by atoms with van der Waals surface area (Å²) in [6.45, 7) is 6.97. The third-order valence-corrected chi connectivity index (χ3v) is 3.18. The summed E-state index contributed by atoms with van der Waals surface area (Å²) in [6.07, 6.45) is -0.0910. The van der Waals surface area contributed by atoms with Crippen molar-refractivity contribution in [2.24, 2.45) is 0 Å². The summed E-state index contributed by atoms with van der Waals surface area (Å²) in [6, 6.07) is 5.17. The summed E-state index contributed by atoms with van der Waals surface area (Å²) in [5, 5.41) is 2.85. The van der Waals surface area contributed by atoms with E-state index in [-0.39, 0.29) is 12.0 Å². The molecule has 6 nitrogen and oxygen atoms in total. The van der Waals surface area contributed by atoms with Crippen LogP contribution in [0.3, 0.4) is 0 Å². The highest BCUT2D eigenvalue weighted by Crippen LogP contribution is 2.28. The predicted molar refractivity (Wildman–Crippen MR) is 81.7 cm³/mol. The van der Waals surface area contributed by atoms with Crippen LogP contribution in [0.2, 0.25) is 0 Å². The quantitative estimate of drug-likeness (QED) is 0.829. The standard InChI is InChI=1S/C16H23NO5/c1-3-20-14-6-5-12(9-15(14)21-4-2)16(18)17-10-13-11-19-7-8-22-13/h5-6,9,13H,3-4,7-8,10-11H2,1-2H3,(H,17,18)/t13-/m1/s1. The molecule has 6 heteroatoms. The van der Waals surface area contributed by atoms with Crippen LogP contribution < -0.4 is 14.8 Å². The van der Waals surface area contributed by atoms with E-state index >= 15 is 0 Å². The van der Waals surface area contributed by atoms with E-state index in [0.29, 0.717) is 56.6 Å². The second-order valence-electron chi connectivity index (χ2n) is 4.81. The Bertz CT molecular complexity index is 485. The van der Waals surface area contributed by atoms with Crippen LogP contribution in [0.15, 0.2) is 18.2 Å². The number of rotatable bonds is 7. The predicted octanol–water partition coefficient (Wildman–Crippen LogP) is 1.63. The fourth-order valence-electron chi connectivity index (χ4n) is 2.16. The van der Waals surface area contributed by atoms with Gasteiger partial charge < -0.3 is 24.3 Å². The molecule has 1 aromatic rings. The van der Waals surface area contributed by atoms with E-state index in [4.69, 9.17) is 18.9 Å². The van der Waals surface area contributed by atoms with E-state index in [1.165, 1.54) is 0 Å². The normalized spacial score (nSPS) is 17.8. The van der Waals surface area contributed by atoms with E-state index in [9.17, 15) is 4.79 Å². The number of nitrogens with one attached hydrogen (secondary N) is 1. The summed E-state index contributed by atoms with van der Waals surface area (Å²) in [5.74, 6) is 1.05. The largest absolute Gasteiger partial charge is 0.490 e. The van der Waals surface area contributed by atoms with Crippen LogP contribution in [0.1, 0.15) is 24.2 Å². The van der Waals surface area contributed by atoms with Gasteiger partial charge >= 0.3 is 0 Å². The maximum Gasteiger partial charge on any atom is 0.251 e. The molecule has 122 valence electrons. The van der Waals surface area contributed by atoms with Crippen molar-refractivity contribution in [2.45, 2.75) is 20.0 Å². The van der Waals surface area contributed by atoms with Gasteiger partial charge in [0.25, 0.3) is 5.91 Å². The van der Waals surface area contributed by atoms with Crippen molar-refractivity contribution >= 4 is 5.91 Å². The zero-order chi connectivity index (χ0) is 15.8. The van der Waals surface area contributed by atoms with Gasteiger partial charge in [0, 0.05) is 12.1 Å². The van der Waals surface area contributed by atoms with Gasteiger partial charge in [0.2, 0.25) is 0 Å². The van der Waals surface area contributed by atoms with Gasteiger partial charge in [0.05, 0.1) is 39.1 Å². The first-order valence-corrected chi connectivity index (χ1v) is 7.61. The average Bonchev–Trinajstić information content (AvgIpc) is 2.55. The van der Waals surface area contributed by atoms with E-state index in [1.54, 1.807) is 18.2 Å². The first kappa shape index (κ1) is 16.6. The fraction of sp³-hybridized carbons (Fsp3) is 0.562. The highest BCUT2D eigenvalue weighted by molar-refractivity contribution is 5.94. The number of hydrogen-bond donors (Lipinski definition) is 1. The van der Waals surface area contributed by atoms with E-state index in [2.05, 4.69) is 5.32 Å². The van der Waals surface area contributed by atoms with Crippen LogP contribution in [0.25, 0.3) is 0 Å². The Labute approximate surface area is 130 Å². The van der Waals surface area contributed by atoms with E-state index < -0.39 is 0 Å². The zero-order valence-corrected chi connectivity index (χ0v) is 13.1. The van der Waals surface area contributed by atoms with E-state index in [1.807, 2.05) is 13.8 Å². The molecule has 0 saturated carbocycles. The minimum Gasteiger partial charge on any atom is -0.490 e. The molecule has 1 fully saturated rings. The molecule has 1 aliphatic heterocycles. The van der Waals surface area contributed by atoms with Crippen molar-refractivity contribution in [1.82, 2.24) is 5.32 Å². The molecule has 0 unspecified atom stereocenters.